The first-order chi connectivity index (χ1) is 11.8. The molecule has 0 bridgehead atoms. The fourth-order valence-electron chi connectivity index (χ4n) is 3.52. The summed E-state index contributed by atoms with van der Waals surface area (Å²) in [6.07, 6.45) is 5.03. The summed E-state index contributed by atoms with van der Waals surface area (Å²) >= 11 is 0. The molecule has 3 heterocycles. The van der Waals surface area contributed by atoms with Crippen LogP contribution in [0.2, 0.25) is 0 Å². The molecule has 24 heavy (non-hydrogen) atoms. The minimum Gasteiger partial charge on any atom is -0.424 e. The summed E-state index contributed by atoms with van der Waals surface area (Å²) in [5, 5.41) is 3.08. The molecule has 124 valence electrons. The molecule has 2 aliphatic heterocycles. The molecule has 0 spiro atoms. The Balaban J connectivity index is 1.35. The third-order valence-corrected chi connectivity index (χ3v) is 4.69. The molecule has 0 unspecified atom stereocenters. The molecule has 0 saturated carbocycles. The van der Waals surface area contributed by atoms with E-state index in [0.29, 0.717) is 24.4 Å². The molecule has 1 aromatic heterocycles. The molecule has 4 rings (SSSR count). The SMILES string of the molecule is O=C1C[C@@H]2CN(Cc3ccc(Oc4ncccn4)cc3)CC[C@@H]2N1. The first kappa shape index (κ1) is 15.1. The van der Waals surface area contributed by atoms with Crippen LogP contribution in [-0.2, 0) is 11.3 Å². The predicted octanol–water partition coefficient (Wildman–Crippen LogP) is 1.98. The van der Waals surface area contributed by atoms with Gasteiger partial charge in [-0.1, -0.05) is 12.1 Å². The summed E-state index contributed by atoms with van der Waals surface area (Å²) in [5.41, 5.74) is 1.24. The molecule has 2 fully saturated rings. The lowest BCUT2D eigenvalue weighted by atomic mass is 9.93. The highest BCUT2D eigenvalue weighted by Gasteiger charge is 2.36. The number of hydrogen-bond donors (Lipinski definition) is 1. The molecule has 2 aromatic rings. The maximum absolute atomic E-state index is 11.5. The molecule has 1 amide bonds. The highest BCUT2D eigenvalue weighted by Crippen LogP contribution is 2.26. The topological polar surface area (TPSA) is 67.4 Å². The first-order valence-corrected chi connectivity index (χ1v) is 8.32. The summed E-state index contributed by atoms with van der Waals surface area (Å²) in [7, 11) is 0. The predicted molar refractivity (Wildman–Crippen MR) is 88.5 cm³/mol. The van der Waals surface area contributed by atoms with Gasteiger partial charge in [0.1, 0.15) is 5.75 Å². The minimum atomic E-state index is 0.205. The Labute approximate surface area is 140 Å². The maximum Gasteiger partial charge on any atom is 0.321 e. The van der Waals surface area contributed by atoms with Crippen LogP contribution in [0.25, 0.3) is 0 Å². The van der Waals surface area contributed by atoms with Gasteiger partial charge in [0.2, 0.25) is 5.91 Å². The van der Waals surface area contributed by atoms with E-state index in [4.69, 9.17) is 4.74 Å². The van der Waals surface area contributed by atoms with Crippen LogP contribution in [-0.4, -0.2) is 39.9 Å². The number of hydrogen-bond acceptors (Lipinski definition) is 5. The van der Waals surface area contributed by atoms with Crippen LogP contribution in [0, 0.1) is 5.92 Å². The third-order valence-electron chi connectivity index (χ3n) is 4.69. The van der Waals surface area contributed by atoms with Crippen LogP contribution in [0.3, 0.4) is 0 Å². The highest BCUT2D eigenvalue weighted by molar-refractivity contribution is 5.79. The largest absolute Gasteiger partial charge is 0.424 e. The van der Waals surface area contributed by atoms with Gasteiger partial charge in [0.25, 0.3) is 0 Å². The summed E-state index contributed by atoms with van der Waals surface area (Å²) in [5.74, 6) is 1.40. The van der Waals surface area contributed by atoms with E-state index in [2.05, 4.69) is 32.3 Å². The molecule has 0 radical (unpaired) electrons. The van der Waals surface area contributed by atoms with Gasteiger partial charge in [0, 0.05) is 50.4 Å². The molecule has 2 aliphatic rings. The van der Waals surface area contributed by atoms with Gasteiger partial charge in [-0.05, 0) is 30.2 Å². The van der Waals surface area contributed by atoms with Crippen molar-refractivity contribution in [2.24, 2.45) is 5.92 Å². The Bertz CT molecular complexity index is 705. The minimum absolute atomic E-state index is 0.205. The Morgan fingerprint density at radius 3 is 2.79 bits per heavy atom. The van der Waals surface area contributed by atoms with Crippen molar-refractivity contribution in [2.75, 3.05) is 13.1 Å². The smallest absolute Gasteiger partial charge is 0.321 e. The fourth-order valence-corrected chi connectivity index (χ4v) is 3.52. The van der Waals surface area contributed by atoms with Crippen LogP contribution >= 0.6 is 0 Å². The van der Waals surface area contributed by atoms with Gasteiger partial charge in [0.15, 0.2) is 0 Å². The van der Waals surface area contributed by atoms with Crippen molar-refractivity contribution in [3.05, 3.63) is 48.3 Å². The molecular formula is C18H20N4O2. The zero-order valence-electron chi connectivity index (χ0n) is 13.4. The van der Waals surface area contributed by atoms with E-state index in [-0.39, 0.29) is 5.91 Å². The lowest BCUT2D eigenvalue weighted by Gasteiger charge is -2.34. The molecule has 2 atom stereocenters. The number of aromatic nitrogens is 2. The Hall–Kier alpha value is -2.47. The molecule has 6 nitrogen and oxygen atoms in total. The van der Waals surface area contributed by atoms with E-state index < -0.39 is 0 Å². The molecule has 2 saturated heterocycles. The van der Waals surface area contributed by atoms with E-state index in [1.54, 1.807) is 18.5 Å². The van der Waals surface area contributed by atoms with Crippen LogP contribution in [0.15, 0.2) is 42.7 Å². The van der Waals surface area contributed by atoms with Gasteiger partial charge >= 0.3 is 6.01 Å². The Kier molecular flexibility index (Phi) is 4.13. The number of likely N-dealkylation sites (tertiary alicyclic amines) is 1. The van der Waals surface area contributed by atoms with Crippen molar-refractivity contribution in [1.29, 1.82) is 0 Å². The van der Waals surface area contributed by atoms with Gasteiger partial charge < -0.3 is 10.1 Å². The second kappa shape index (κ2) is 6.57. The van der Waals surface area contributed by atoms with Crippen LogP contribution in [0.5, 0.6) is 11.8 Å². The zero-order chi connectivity index (χ0) is 16.4. The highest BCUT2D eigenvalue weighted by atomic mass is 16.5. The first-order valence-electron chi connectivity index (χ1n) is 8.32. The van der Waals surface area contributed by atoms with E-state index in [1.165, 1.54) is 5.56 Å². The molecular weight excluding hydrogens is 304 g/mol. The van der Waals surface area contributed by atoms with Gasteiger partial charge in [0.05, 0.1) is 0 Å². The van der Waals surface area contributed by atoms with Crippen molar-refractivity contribution >= 4 is 5.91 Å². The van der Waals surface area contributed by atoms with Crippen molar-refractivity contribution < 1.29 is 9.53 Å². The monoisotopic (exact) mass is 324 g/mol. The Morgan fingerprint density at radius 1 is 1.21 bits per heavy atom. The number of carbonyl (C=O) groups excluding carboxylic acids is 1. The number of benzene rings is 1. The second-order valence-electron chi connectivity index (χ2n) is 6.44. The fraction of sp³-hybridized carbons (Fsp3) is 0.389. The summed E-state index contributed by atoms with van der Waals surface area (Å²) in [4.78, 5) is 22.0. The normalized spacial score (nSPS) is 23.6. The second-order valence-corrected chi connectivity index (χ2v) is 6.44. The maximum atomic E-state index is 11.5. The lowest BCUT2D eigenvalue weighted by Crippen LogP contribution is -2.44. The van der Waals surface area contributed by atoms with Crippen molar-refractivity contribution in [3.63, 3.8) is 0 Å². The third kappa shape index (κ3) is 3.38. The van der Waals surface area contributed by atoms with Gasteiger partial charge in [-0.3, -0.25) is 9.69 Å². The van der Waals surface area contributed by atoms with E-state index in [0.717, 1.165) is 31.8 Å². The average Bonchev–Trinajstić information content (AvgIpc) is 2.97. The summed E-state index contributed by atoms with van der Waals surface area (Å²) in [6.45, 7) is 2.91. The quantitative estimate of drug-likeness (QED) is 0.931. The molecule has 6 heteroatoms. The van der Waals surface area contributed by atoms with Crippen LogP contribution in [0.1, 0.15) is 18.4 Å². The standard InChI is InChI=1S/C18H20N4O2/c23-17-10-14-12-22(9-6-16(14)21-17)11-13-2-4-15(5-3-13)24-18-19-7-1-8-20-18/h1-5,7-8,14,16H,6,9-12H2,(H,21,23)/t14-,16+/m1/s1. The number of piperidine rings is 1. The lowest BCUT2D eigenvalue weighted by molar-refractivity contribution is -0.119. The molecule has 1 aromatic carbocycles. The number of amides is 1. The van der Waals surface area contributed by atoms with E-state index in [9.17, 15) is 4.79 Å². The molecule has 0 aliphatic carbocycles. The van der Waals surface area contributed by atoms with Gasteiger partial charge in [-0.25, -0.2) is 9.97 Å². The number of ether oxygens (including phenoxy) is 1. The zero-order valence-corrected chi connectivity index (χ0v) is 13.4. The van der Waals surface area contributed by atoms with E-state index >= 15 is 0 Å². The van der Waals surface area contributed by atoms with Crippen molar-refractivity contribution in [1.82, 2.24) is 20.2 Å². The summed E-state index contributed by atoms with van der Waals surface area (Å²) < 4.78 is 5.61. The number of nitrogens with zero attached hydrogens (tertiary/aromatic N) is 3. The average molecular weight is 324 g/mol. The van der Waals surface area contributed by atoms with Crippen LogP contribution in [0.4, 0.5) is 0 Å². The number of fused-ring (bicyclic) bond motifs is 1. The van der Waals surface area contributed by atoms with Gasteiger partial charge in [-0.15, -0.1) is 0 Å². The van der Waals surface area contributed by atoms with Gasteiger partial charge in [-0.2, -0.15) is 0 Å². The van der Waals surface area contributed by atoms with Crippen molar-refractivity contribution in [2.45, 2.75) is 25.4 Å². The number of rotatable bonds is 4. The van der Waals surface area contributed by atoms with E-state index in [1.807, 2.05) is 12.1 Å². The summed E-state index contributed by atoms with van der Waals surface area (Å²) in [6, 6.07) is 10.5. The number of nitrogens with one attached hydrogen (secondary N) is 1. The Morgan fingerprint density at radius 2 is 2.00 bits per heavy atom. The van der Waals surface area contributed by atoms with Crippen molar-refractivity contribution in [3.8, 4) is 11.8 Å². The van der Waals surface area contributed by atoms with Crippen LogP contribution < -0.4 is 10.1 Å². The number of carbonyl (C=O) groups is 1. The molecule has 1 N–H and O–H groups in total.